The lowest BCUT2D eigenvalue weighted by molar-refractivity contribution is 0.0793. The van der Waals surface area contributed by atoms with Crippen LogP contribution in [-0.4, -0.2) is 72.8 Å². The summed E-state index contributed by atoms with van der Waals surface area (Å²) in [4.78, 5) is 31.1. The lowest BCUT2D eigenvalue weighted by atomic mass is 10.2. The molecule has 4 nitrogen and oxygen atoms in total. The molecule has 162 valence electrons. The third-order valence-electron chi connectivity index (χ3n) is 4.41. The standard InChI is InChI=1S/C22H28N2O2S4/c1-23(13-15-27-3)21(25)17-9-5-7-11-19(17)29-30-20-12-8-6-10-18(20)22(26)24(2)14-16-28-4/h5-12H,13-16H2,1-4H3. The van der Waals surface area contributed by atoms with Crippen molar-refractivity contribution in [2.24, 2.45) is 0 Å². The third-order valence-corrected chi connectivity index (χ3v) is 8.07. The summed E-state index contributed by atoms with van der Waals surface area (Å²) in [5.41, 5.74) is 1.39. The van der Waals surface area contributed by atoms with Crippen molar-refractivity contribution in [3.63, 3.8) is 0 Å². The smallest absolute Gasteiger partial charge is 0.254 e. The van der Waals surface area contributed by atoms with E-state index in [1.54, 1.807) is 33.3 Å². The minimum atomic E-state index is 0.0221. The molecule has 2 aromatic rings. The van der Waals surface area contributed by atoms with Gasteiger partial charge in [-0.3, -0.25) is 9.59 Å². The Morgan fingerprint density at radius 3 is 1.43 bits per heavy atom. The summed E-state index contributed by atoms with van der Waals surface area (Å²) >= 11 is 3.45. The first kappa shape index (κ1) is 25.0. The fraction of sp³-hybridized carbons (Fsp3) is 0.364. The molecule has 0 N–H and O–H groups in total. The molecule has 0 atom stereocenters. The number of hydrogen-bond acceptors (Lipinski definition) is 6. The molecule has 0 heterocycles. The Balaban J connectivity index is 2.15. The van der Waals surface area contributed by atoms with Crippen LogP contribution in [-0.2, 0) is 0 Å². The molecule has 0 bridgehead atoms. The van der Waals surface area contributed by atoms with E-state index in [0.717, 1.165) is 21.3 Å². The lowest BCUT2D eigenvalue weighted by Crippen LogP contribution is -2.29. The topological polar surface area (TPSA) is 40.6 Å². The largest absolute Gasteiger partial charge is 0.341 e. The average Bonchev–Trinajstić information content (AvgIpc) is 2.78. The molecule has 0 saturated carbocycles. The number of amides is 2. The van der Waals surface area contributed by atoms with Gasteiger partial charge < -0.3 is 9.80 Å². The summed E-state index contributed by atoms with van der Waals surface area (Å²) in [5, 5.41) is 0. The normalized spacial score (nSPS) is 10.7. The predicted molar refractivity (Wildman–Crippen MR) is 135 cm³/mol. The van der Waals surface area contributed by atoms with E-state index in [1.807, 2.05) is 75.1 Å². The number of benzene rings is 2. The Labute approximate surface area is 196 Å². The van der Waals surface area contributed by atoms with Gasteiger partial charge in [-0.1, -0.05) is 45.9 Å². The Morgan fingerprint density at radius 1 is 0.700 bits per heavy atom. The van der Waals surface area contributed by atoms with Gasteiger partial charge in [-0.15, -0.1) is 0 Å². The molecule has 2 aromatic carbocycles. The Bertz CT molecular complexity index is 778. The molecule has 0 saturated heterocycles. The van der Waals surface area contributed by atoms with Crippen molar-refractivity contribution >= 4 is 56.9 Å². The lowest BCUT2D eigenvalue weighted by Gasteiger charge is -2.19. The number of carbonyl (C=O) groups is 2. The van der Waals surface area contributed by atoms with Crippen LogP contribution in [0.5, 0.6) is 0 Å². The average molecular weight is 481 g/mol. The van der Waals surface area contributed by atoms with Gasteiger partial charge in [0.1, 0.15) is 0 Å². The van der Waals surface area contributed by atoms with Crippen LogP contribution in [0.1, 0.15) is 20.7 Å². The number of carbonyl (C=O) groups excluding carboxylic acids is 2. The second-order valence-electron chi connectivity index (χ2n) is 6.60. The van der Waals surface area contributed by atoms with Crippen molar-refractivity contribution < 1.29 is 9.59 Å². The van der Waals surface area contributed by atoms with E-state index in [0.29, 0.717) is 24.2 Å². The summed E-state index contributed by atoms with van der Waals surface area (Å²) in [6.07, 6.45) is 4.08. The Kier molecular flexibility index (Phi) is 11.1. The van der Waals surface area contributed by atoms with E-state index >= 15 is 0 Å². The quantitative estimate of drug-likeness (QED) is 0.404. The highest BCUT2D eigenvalue weighted by molar-refractivity contribution is 8.76. The van der Waals surface area contributed by atoms with Crippen molar-refractivity contribution in [3.05, 3.63) is 59.7 Å². The summed E-state index contributed by atoms with van der Waals surface area (Å²) in [5.74, 6) is 1.86. The second-order valence-corrected chi connectivity index (χ2v) is 10.8. The number of hydrogen-bond donors (Lipinski definition) is 0. The van der Waals surface area contributed by atoms with Crippen LogP contribution in [0.3, 0.4) is 0 Å². The molecule has 30 heavy (non-hydrogen) atoms. The minimum absolute atomic E-state index is 0.0221. The van der Waals surface area contributed by atoms with Gasteiger partial charge in [-0.2, -0.15) is 23.5 Å². The van der Waals surface area contributed by atoms with Gasteiger partial charge in [-0.05, 0) is 36.8 Å². The van der Waals surface area contributed by atoms with Crippen molar-refractivity contribution in [2.45, 2.75) is 9.79 Å². The highest BCUT2D eigenvalue weighted by Crippen LogP contribution is 2.40. The molecule has 0 fully saturated rings. The minimum Gasteiger partial charge on any atom is -0.341 e. The molecule has 2 rings (SSSR count). The molecule has 2 amide bonds. The van der Waals surface area contributed by atoms with Crippen molar-refractivity contribution in [3.8, 4) is 0 Å². The van der Waals surface area contributed by atoms with E-state index in [4.69, 9.17) is 0 Å². The van der Waals surface area contributed by atoms with E-state index in [9.17, 15) is 9.59 Å². The zero-order valence-corrected chi connectivity index (χ0v) is 21.1. The maximum atomic E-state index is 12.9. The van der Waals surface area contributed by atoms with Crippen LogP contribution >= 0.6 is 45.1 Å². The summed E-state index contributed by atoms with van der Waals surface area (Å²) < 4.78 is 0. The molecule has 8 heteroatoms. The number of rotatable bonds is 11. The molecule has 0 aliphatic rings. The van der Waals surface area contributed by atoms with Crippen LogP contribution in [0.4, 0.5) is 0 Å². The van der Waals surface area contributed by atoms with Crippen LogP contribution in [0.2, 0.25) is 0 Å². The van der Waals surface area contributed by atoms with Crippen molar-refractivity contribution in [1.82, 2.24) is 9.80 Å². The first-order chi connectivity index (χ1) is 14.5. The van der Waals surface area contributed by atoms with E-state index in [1.165, 1.54) is 21.6 Å². The molecule has 0 aliphatic carbocycles. The maximum Gasteiger partial charge on any atom is 0.254 e. The second kappa shape index (κ2) is 13.2. The SMILES string of the molecule is CSCCN(C)C(=O)c1ccccc1SSc1ccccc1C(=O)N(C)CCSC. The fourth-order valence-electron chi connectivity index (χ4n) is 2.59. The van der Waals surface area contributed by atoms with Crippen LogP contribution < -0.4 is 0 Å². The first-order valence-electron chi connectivity index (χ1n) is 9.51. The van der Waals surface area contributed by atoms with Crippen LogP contribution in [0.15, 0.2) is 58.3 Å². The van der Waals surface area contributed by atoms with E-state index in [-0.39, 0.29) is 11.8 Å². The van der Waals surface area contributed by atoms with Gasteiger partial charge in [0.05, 0.1) is 11.1 Å². The Morgan fingerprint density at radius 2 is 1.07 bits per heavy atom. The molecule has 0 unspecified atom stereocenters. The molecular formula is C22H28N2O2S4. The fourth-order valence-corrected chi connectivity index (χ4v) is 5.85. The summed E-state index contributed by atoms with van der Waals surface area (Å²) in [6.45, 7) is 1.43. The summed E-state index contributed by atoms with van der Waals surface area (Å²) in [6, 6.07) is 15.3. The van der Waals surface area contributed by atoms with Gasteiger partial charge in [0.25, 0.3) is 11.8 Å². The number of thioether (sulfide) groups is 2. The predicted octanol–water partition coefficient (Wildman–Crippen LogP) is 5.36. The highest BCUT2D eigenvalue weighted by atomic mass is 33.1. The monoisotopic (exact) mass is 480 g/mol. The van der Waals surface area contributed by atoms with Crippen molar-refractivity contribution in [2.75, 3.05) is 51.2 Å². The zero-order valence-electron chi connectivity index (χ0n) is 17.8. The molecule has 0 radical (unpaired) electrons. The molecule has 0 aliphatic heterocycles. The highest BCUT2D eigenvalue weighted by Gasteiger charge is 2.19. The maximum absolute atomic E-state index is 12.9. The first-order valence-corrected chi connectivity index (χ1v) is 14.4. The van der Waals surface area contributed by atoms with Crippen LogP contribution in [0, 0.1) is 0 Å². The molecule has 0 aromatic heterocycles. The van der Waals surface area contributed by atoms with Gasteiger partial charge in [0, 0.05) is 48.5 Å². The summed E-state index contributed by atoms with van der Waals surface area (Å²) in [7, 11) is 6.72. The Hall–Kier alpha value is -1.22. The van der Waals surface area contributed by atoms with Gasteiger partial charge >= 0.3 is 0 Å². The van der Waals surface area contributed by atoms with Gasteiger partial charge in [0.15, 0.2) is 0 Å². The van der Waals surface area contributed by atoms with Gasteiger partial charge in [-0.25, -0.2) is 0 Å². The van der Waals surface area contributed by atoms with E-state index in [2.05, 4.69) is 0 Å². The third kappa shape index (κ3) is 7.18. The number of nitrogens with zero attached hydrogens (tertiary/aromatic N) is 2. The molecular weight excluding hydrogens is 453 g/mol. The molecule has 0 spiro atoms. The van der Waals surface area contributed by atoms with Crippen LogP contribution in [0.25, 0.3) is 0 Å². The zero-order chi connectivity index (χ0) is 21.9. The van der Waals surface area contributed by atoms with E-state index < -0.39 is 0 Å². The van der Waals surface area contributed by atoms with Gasteiger partial charge in [0.2, 0.25) is 0 Å². The van der Waals surface area contributed by atoms with Crippen molar-refractivity contribution in [1.29, 1.82) is 0 Å².